The molecule has 1 aliphatic rings. The third-order valence-corrected chi connectivity index (χ3v) is 3.27. The van der Waals surface area contributed by atoms with Crippen LogP contribution in [-0.4, -0.2) is 13.1 Å². The summed E-state index contributed by atoms with van der Waals surface area (Å²) in [6.07, 6.45) is 2.57. The van der Waals surface area contributed by atoms with Gasteiger partial charge in [-0.15, -0.1) is 0 Å². The second-order valence-electron chi connectivity index (χ2n) is 4.40. The summed E-state index contributed by atoms with van der Waals surface area (Å²) in [5.74, 6) is 0.757. The predicted molar refractivity (Wildman–Crippen MR) is 66.5 cm³/mol. The molecule has 2 nitrogen and oxygen atoms in total. The lowest BCUT2D eigenvalue weighted by atomic mass is 10.00. The minimum atomic E-state index is 0.730. The monoisotopic (exact) mass is 224 g/mol. The van der Waals surface area contributed by atoms with Crippen molar-refractivity contribution in [2.75, 3.05) is 23.7 Å². The standard InChI is InChI=1S/C12H17ClN2/c1-9-3-2-6-15(8-9)12-5-4-10(14)7-11(12)13/h4-5,7,9H,2-3,6,8,14H2,1H3/t9-/m1/s1. The zero-order valence-electron chi connectivity index (χ0n) is 9.04. The van der Waals surface area contributed by atoms with Crippen molar-refractivity contribution in [1.29, 1.82) is 0 Å². The molecule has 15 heavy (non-hydrogen) atoms. The van der Waals surface area contributed by atoms with Gasteiger partial charge in [-0.05, 0) is 37.0 Å². The minimum Gasteiger partial charge on any atom is -0.399 e. The Hall–Kier alpha value is -0.890. The Morgan fingerprint density at radius 3 is 2.93 bits per heavy atom. The van der Waals surface area contributed by atoms with Crippen molar-refractivity contribution in [3.8, 4) is 0 Å². The predicted octanol–water partition coefficient (Wildman–Crippen LogP) is 3.16. The number of halogens is 1. The van der Waals surface area contributed by atoms with Gasteiger partial charge in [0.15, 0.2) is 0 Å². The summed E-state index contributed by atoms with van der Waals surface area (Å²) in [5.41, 5.74) is 7.53. The van der Waals surface area contributed by atoms with E-state index in [-0.39, 0.29) is 0 Å². The van der Waals surface area contributed by atoms with Gasteiger partial charge in [-0.1, -0.05) is 18.5 Å². The molecule has 1 saturated heterocycles. The van der Waals surface area contributed by atoms with Gasteiger partial charge in [-0.3, -0.25) is 0 Å². The van der Waals surface area contributed by atoms with Crippen molar-refractivity contribution in [2.24, 2.45) is 5.92 Å². The Balaban J connectivity index is 2.21. The topological polar surface area (TPSA) is 29.3 Å². The lowest BCUT2D eigenvalue weighted by molar-refractivity contribution is 0.447. The van der Waals surface area contributed by atoms with Crippen molar-refractivity contribution in [3.63, 3.8) is 0 Å². The second kappa shape index (κ2) is 4.31. The first-order valence-electron chi connectivity index (χ1n) is 5.47. The lowest BCUT2D eigenvalue weighted by Crippen LogP contribution is -2.34. The molecule has 0 radical (unpaired) electrons. The van der Waals surface area contributed by atoms with Crippen LogP contribution in [0.1, 0.15) is 19.8 Å². The first-order chi connectivity index (χ1) is 7.16. The molecule has 1 aromatic carbocycles. The maximum Gasteiger partial charge on any atom is 0.0660 e. The molecule has 2 rings (SSSR count). The molecular formula is C12H17ClN2. The van der Waals surface area contributed by atoms with Crippen molar-refractivity contribution in [3.05, 3.63) is 23.2 Å². The van der Waals surface area contributed by atoms with E-state index in [9.17, 15) is 0 Å². The average molecular weight is 225 g/mol. The molecule has 1 atom stereocenters. The average Bonchev–Trinajstić information content (AvgIpc) is 2.17. The van der Waals surface area contributed by atoms with Crippen LogP contribution in [0.4, 0.5) is 11.4 Å². The van der Waals surface area contributed by atoms with Crippen LogP contribution >= 0.6 is 11.6 Å². The number of hydrogen-bond donors (Lipinski definition) is 1. The summed E-state index contributed by atoms with van der Waals surface area (Å²) in [4.78, 5) is 2.36. The fraction of sp³-hybridized carbons (Fsp3) is 0.500. The van der Waals surface area contributed by atoms with Gasteiger partial charge < -0.3 is 10.6 Å². The Kier molecular flexibility index (Phi) is 3.06. The molecule has 1 aromatic rings. The van der Waals surface area contributed by atoms with Gasteiger partial charge in [0.1, 0.15) is 0 Å². The Bertz CT molecular complexity index is 351. The quantitative estimate of drug-likeness (QED) is 0.743. The lowest BCUT2D eigenvalue weighted by Gasteiger charge is -2.33. The Morgan fingerprint density at radius 2 is 2.27 bits per heavy atom. The van der Waals surface area contributed by atoms with Crippen LogP contribution < -0.4 is 10.6 Å². The van der Waals surface area contributed by atoms with Gasteiger partial charge in [0.2, 0.25) is 0 Å². The number of nitrogen functional groups attached to an aromatic ring is 1. The number of benzene rings is 1. The highest BCUT2D eigenvalue weighted by molar-refractivity contribution is 6.33. The van der Waals surface area contributed by atoms with E-state index in [1.165, 1.54) is 12.8 Å². The van der Waals surface area contributed by atoms with E-state index in [0.717, 1.165) is 35.4 Å². The van der Waals surface area contributed by atoms with Crippen molar-refractivity contribution >= 4 is 23.0 Å². The van der Waals surface area contributed by atoms with E-state index in [0.29, 0.717) is 0 Å². The van der Waals surface area contributed by atoms with Crippen LogP contribution in [0.15, 0.2) is 18.2 Å². The molecule has 1 heterocycles. The number of rotatable bonds is 1. The van der Waals surface area contributed by atoms with E-state index in [1.54, 1.807) is 0 Å². The summed E-state index contributed by atoms with van der Waals surface area (Å²) in [6.45, 7) is 4.50. The molecule has 0 unspecified atom stereocenters. The molecule has 0 amide bonds. The molecule has 0 bridgehead atoms. The maximum atomic E-state index is 6.19. The molecule has 0 aromatic heterocycles. The van der Waals surface area contributed by atoms with Crippen LogP contribution in [0, 0.1) is 5.92 Å². The largest absolute Gasteiger partial charge is 0.399 e. The van der Waals surface area contributed by atoms with E-state index in [1.807, 2.05) is 18.2 Å². The molecule has 0 saturated carbocycles. The molecule has 0 spiro atoms. The number of nitrogens with zero attached hydrogens (tertiary/aromatic N) is 1. The SMILES string of the molecule is C[C@@H]1CCCN(c2ccc(N)cc2Cl)C1. The van der Waals surface area contributed by atoms with E-state index in [2.05, 4.69) is 11.8 Å². The van der Waals surface area contributed by atoms with Crippen molar-refractivity contribution in [1.82, 2.24) is 0 Å². The van der Waals surface area contributed by atoms with Crippen LogP contribution in [-0.2, 0) is 0 Å². The molecule has 0 aliphatic carbocycles. The molecule has 1 fully saturated rings. The fourth-order valence-electron chi connectivity index (χ4n) is 2.19. The van der Waals surface area contributed by atoms with Crippen molar-refractivity contribution in [2.45, 2.75) is 19.8 Å². The van der Waals surface area contributed by atoms with Crippen molar-refractivity contribution < 1.29 is 0 Å². The number of anilines is 2. The summed E-state index contributed by atoms with van der Waals surface area (Å²) in [6, 6.07) is 5.77. The maximum absolute atomic E-state index is 6.19. The summed E-state index contributed by atoms with van der Waals surface area (Å²) >= 11 is 6.19. The van der Waals surface area contributed by atoms with Gasteiger partial charge in [0.25, 0.3) is 0 Å². The first kappa shape index (κ1) is 10.6. The molecular weight excluding hydrogens is 208 g/mol. The van der Waals surface area contributed by atoms with E-state index in [4.69, 9.17) is 17.3 Å². The summed E-state index contributed by atoms with van der Waals surface area (Å²) < 4.78 is 0. The van der Waals surface area contributed by atoms with Crippen LogP contribution in [0.25, 0.3) is 0 Å². The highest BCUT2D eigenvalue weighted by Gasteiger charge is 2.18. The van der Waals surface area contributed by atoms with Crippen LogP contribution in [0.3, 0.4) is 0 Å². The highest BCUT2D eigenvalue weighted by atomic mass is 35.5. The number of hydrogen-bond acceptors (Lipinski definition) is 2. The molecule has 82 valence electrons. The third-order valence-electron chi connectivity index (χ3n) is 2.97. The van der Waals surface area contributed by atoms with Gasteiger partial charge in [-0.25, -0.2) is 0 Å². The van der Waals surface area contributed by atoms with E-state index < -0.39 is 0 Å². The number of piperidine rings is 1. The molecule has 1 aliphatic heterocycles. The second-order valence-corrected chi connectivity index (χ2v) is 4.81. The van der Waals surface area contributed by atoms with E-state index >= 15 is 0 Å². The van der Waals surface area contributed by atoms with Crippen LogP contribution in [0.5, 0.6) is 0 Å². The fourth-order valence-corrected chi connectivity index (χ4v) is 2.50. The van der Waals surface area contributed by atoms with Gasteiger partial charge in [-0.2, -0.15) is 0 Å². The molecule has 2 N–H and O–H groups in total. The zero-order valence-corrected chi connectivity index (χ0v) is 9.80. The minimum absolute atomic E-state index is 0.730. The van der Waals surface area contributed by atoms with Gasteiger partial charge in [0, 0.05) is 18.8 Å². The number of nitrogens with two attached hydrogens (primary N) is 1. The Morgan fingerprint density at radius 1 is 1.47 bits per heavy atom. The first-order valence-corrected chi connectivity index (χ1v) is 5.84. The molecule has 3 heteroatoms. The highest BCUT2D eigenvalue weighted by Crippen LogP contribution is 2.30. The summed E-state index contributed by atoms with van der Waals surface area (Å²) in [7, 11) is 0. The smallest absolute Gasteiger partial charge is 0.0660 e. The summed E-state index contributed by atoms with van der Waals surface area (Å²) in [5, 5.41) is 0.768. The Labute approximate surface area is 96.0 Å². The zero-order chi connectivity index (χ0) is 10.8. The van der Waals surface area contributed by atoms with Gasteiger partial charge in [0.05, 0.1) is 10.7 Å². The van der Waals surface area contributed by atoms with Crippen LogP contribution in [0.2, 0.25) is 5.02 Å². The normalized spacial score (nSPS) is 21.7. The van der Waals surface area contributed by atoms with Gasteiger partial charge >= 0.3 is 0 Å². The third kappa shape index (κ3) is 2.37.